The average molecular weight is 508 g/mol. The molecule has 0 aliphatic heterocycles. The normalized spacial score (nSPS) is 11.4. The van der Waals surface area contributed by atoms with Crippen LogP contribution in [0.4, 0.5) is 5.69 Å². The molecule has 184 valence electrons. The standard InChI is InChI=1S/C25H22ClN5O5/c1-29-24(33)30(15-16-3-7-18(26)8-4-16)23(31(27)25(29)34)28-19-9-13-21(14-10-19)36-20-11-5-17(6-12-20)22(32)35-2/h3-14H,15,27H2,1-2H3/b28-23-. The molecule has 3 aromatic carbocycles. The molecule has 0 fully saturated rings. The van der Waals surface area contributed by atoms with Gasteiger partial charge >= 0.3 is 17.3 Å². The van der Waals surface area contributed by atoms with Crippen molar-refractivity contribution in [1.29, 1.82) is 0 Å². The van der Waals surface area contributed by atoms with Crippen molar-refractivity contribution >= 4 is 23.3 Å². The zero-order valence-corrected chi connectivity index (χ0v) is 20.2. The monoisotopic (exact) mass is 507 g/mol. The quantitative estimate of drug-likeness (QED) is 0.316. The molecular weight excluding hydrogens is 486 g/mol. The van der Waals surface area contributed by atoms with Gasteiger partial charge in [-0.3, -0.25) is 4.57 Å². The number of methoxy groups -OCH3 is 1. The van der Waals surface area contributed by atoms with Crippen LogP contribution in [0.1, 0.15) is 15.9 Å². The second-order valence-electron chi connectivity index (χ2n) is 7.73. The molecule has 0 spiro atoms. The van der Waals surface area contributed by atoms with E-state index in [1.807, 2.05) is 0 Å². The summed E-state index contributed by atoms with van der Waals surface area (Å²) in [5, 5.41) is 0.562. The second kappa shape index (κ2) is 10.4. The van der Waals surface area contributed by atoms with Gasteiger partial charge < -0.3 is 15.3 Å². The maximum Gasteiger partial charge on any atom is 0.353 e. The highest BCUT2D eigenvalue weighted by Crippen LogP contribution is 2.24. The number of nitrogens with zero attached hydrogens (tertiary/aromatic N) is 4. The number of halogens is 1. The Morgan fingerprint density at radius 1 is 0.917 bits per heavy atom. The lowest BCUT2D eigenvalue weighted by Crippen LogP contribution is -2.56. The minimum Gasteiger partial charge on any atom is -0.465 e. The Labute approximate surface area is 210 Å². The molecule has 0 aliphatic carbocycles. The Morgan fingerprint density at radius 2 is 1.50 bits per heavy atom. The fraction of sp³-hybridized carbons (Fsp3) is 0.120. The number of nitrogen functional groups attached to an aromatic ring is 1. The number of rotatable bonds is 6. The summed E-state index contributed by atoms with van der Waals surface area (Å²) in [6, 6.07) is 20.1. The predicted octanol–water partition coefficient (Wildman–Crippen LogP) is 2.58. The van der Waals surface area contributed by atoms with Crippen LogP contribution in [-0.4, -0.2) is 26.9 Å². The number of hydrogen-bond acceptors (Lipinski definition) is 7. The molecule has 0 saturated heterocycles. The zero-order valence-electron chi connectivity index (χ0n) is 19.4. The summed E-state index contributed by atoms with van der Waals surface area (Å²) in [4.78, 5) is 41.4. The summed E-state index contributed by atoms with van der Waals surface area (Å²) in [7, 11) is 2.66. The van der Waals surface area contributed by atoms with E-state index >= 15 is 0 Å². The van der Waals surface area contributed by atoms with Crippen molar-refractivity contribution in [3.63, 3.8) is 0 Å². The summed E-state index contributed by atoms with van der Waals surface area (Å²) < 4.78 is 13.5. The van der Waals surface area contributed by atoms with Crippen molar-refractivity contribution in [1.82, 2.24) is 13.8 Å². The lowest BCUT2D eigenvalue weighted by Gasteiger charge is -2.12. The molecule has 0 saturated carbocycles. The fourth-order valence-corrected chi connectivity index (χ4v) is 3.49. The van der Waals surface area contributed by atoms with Gasteiger partial charge in [0.2, 0.25) is 5.62 Å². The van der Waals surface area contributed by atoms with Gasteiger partial charge in [0, 0.05) is 12.1 Å². The van der Waals surface area contributed by atoms with E-state index in [1.54, 1.807) is 72.8 Å². The third kappa shape index (κ3) is 5.23. The van der Waals surface area contributed by atoms with Crippen LogP contribution in [0.25, 0.3) is 0 Å². The van der Waals surface area contributed by atoms with E-state index in [9.17, 15) is 14.4 Å². The minimum absolute atomic E-state index is 0.0230. The topological polar surface area (TPSA) is 123 Å². The van der Waals surface area contributed by atoms with Crippen LogP contribution >= 0.6 is 11.6 Å². The summed E-state index contributed by atoms with van der Waals surface area (Å²) in [6.07, 6.45) is 0. The number of hydrogen-bond donors (Lipinski definition) is 1. The molecule has 10 nitrogen and oxygen atoms in total. The second-order valence-corrected chi connectivity index (χ2v) is 8.17. The Bertz CT molecular complexity index is 1590. The number of ether oxygens (including phenoxy) is 2. The first-order valence-electron chi connectivity index (χ1n) is 10.7. The van der Waals surface area contributed by atoms with E-state index < -0.39 is 17.3 Å². The van der Waals surface area contributed by atoms with Gasteiger partial charge in [-0.2, -0.15) is 4.68 Å². The van der Waals surface area contributed by atoms with Crippen LogP contribution in [0.15, 0.2) is 87.4 Å². The van der Waals surface area contributed by atoms with Crippen LogP contribution in [0.5, 0.6) is 11.5 Å². The molecule has 36 heavy (non-hydrogen) atoms. The molecule has 0 aliphatic rings. The zero-order chi connectivity index (χ0) is 25.8. The smallest absolute Gasteiger partial charge is 0.353 e. The fourth-order valence-electron chi connectivity index (χ4n) is 3.37. The molecule has 11 heteroatoms. The number of aromatic nitrogens is 3. The van der Waals surface area contributed by atoms with Crippen molar-refractivity contribution in [3.8, 4) is 11.5 Å². The number of benzene rings is 3. The van der Waals surface area contributed by atoms with Crippen molar-refractivity contribution in [2.24, 2.45) is 12.0 Å². The molecule has 2 N–H and O–H groups in total. The third-order valence-electron chi connectivity index (χ3n) is 5.30. The lowest BCUT2D eigenvalue weighted by molar-refractivity contribution is 0.0600. The highest BCUT2D eigenvalue weighted by atomic mass is 35.5. The number of carbonyl (C=O) groups is 1. The van der Waals surface area contributed by atoms with E-state index in [-0.39, 0.29) is 12.2 Å². The number of carbonyl (C=O) groups excluding carboxylic acids is 1. The van der Waals surface area contributed by atoms with Crippen LogP contribution in [-0.2, 0) is 18.3 Å². The summed E-state index contributed by atoms with van der Waals surface area (Å²) in [5.74, 6) is 6.61. The summed E-state index contributed by atoms with van der Waals surface area (Å²) in [5.41, 5.74) is 0.337. The van der Waals surface area contributed by atoms with E-state index in [2.05, 4.69) is 9.73 Å². The van der Waals surface area contributed by atoms with E-state index in [0.717, 1.165) is 14.8 Å². The maximum atomic E-state index is 12.9. The van der Waals surface area contributed by atoms with Gasteiger partial charge in [0.15, 0.2) is 0 Å². The highest BCUT2D eigenvalue weighted by Gasteiger charge is 2.11. The van der Waals surface area contributed by atoms with E-state index in [0.29, 0.717) is 27.8 Å². The van der Waals surface area contributed by atoms with Crippen molar-refractivity contribution < 1.29 is 14.3 Å². The van der Waals surface area contributed by atoms with Crippen molar-refractivity contribution in [2.45, 2.75) is 6.54 Å². The van der Waals surface area contributed by atoms with Gasteiger partial charge in [-0.25, -0.2) is 23.9 Å². The molecule has 1 heterocycles. The SMILES string of the molecule is COC(=O)c1ccc(Oc2ccc(/N=c3\n(N)c(=O)n(C)c(=O)n3Cc3ccc(Cl)cc3)cc2)cc1. The van der Waals surface area contributed by atoms with Gasteiger partial charge in [-0.15, -0.1) is 0 Å². The van der Waals surface area contributed by atoms with Gasteiger partial charge in [0.25, 0.3) is 0 Å². The largest absolute Gasteiger partial charge is 0.465 e. The Morgan fingerprint density at radius 3 is 2.08 bits per heavy atom. The first kappa shape index (κ1) is 24.6. The Kier molecular flexibility index (Phi) is 7.07. The van der Waals surface area contributed by atoms with Crippen LogP contribution in [0, 0.1) is 0 Å². The summed E-state index contributed by atoms with van der Waals surface area (Å²) in [6.45, 7) is 0.128. The molecule has 0 radical (unpaired) electrons. The third-order valence-corrected chi connectivity index (χ3v) is 5.55. The number of nitrogens with two attached hydrogens (primary N) is 1. The first-order chi connectivity index (χ1) is 17.3. The highest BCUT2D eigenvalue weighted by molar-refractivity contribution is 6.30. The van der Waals surface area contributed by atoms with Crippen molar-refractivity contribution in [3.05, 3.63) is 116 Å². The molecule has 0 bridgehead atoms. The summed E-state index contributed by atoms with van der Waals surface area (Å²) >= 11 is 5.96. The van der Waals surface area contributed by atoms with Gasteiger partial charge in [0.05, 0.1) is 24.9 Å². The molecule has 0 amide bonds. The predicted molar refractivity (Wildman–Crippen MR) is 134 cm³/mol. The van der Waals surface area contributed by atoms with Crippen LogP contribution in [0.2, 0.25) is 5.02 Å². The van der Waals surface area contributed by atoms with Gasteiger partial charge in [0.1, 0.15) is 11.5 Å². The molecule has 1 aromatic heterocycles. The Balaban J connectivity index is 1.66. The van der Waals surface area contributed by atoms with Crippen LogP contribution in [0.3, 0.4) is 0 Å². The first-order valence-corrected chi connectivity index (χ1v) is 11.1. The number of esters is 1. The molecule has 0 atom stereocenters. The van der Waals surface area contributed by atoms with Gasteiger partial charge in [-0.05, 0) is 66.2 Å². The van der Waals surface area contributed by atoms with E-state index in [4.69, 9.17) is 22.2 Å². The minimum atomic E-state index is -0.707. The molecular formula is C25H22ClN5O5. The lowest BCUT2D eigenvalue weighted by atomic mass is 10.2. The average Bonchev–Trinajstić information content (AvgIpc) is 2.90. The Hall–Kier alpha value is -4.57. The molecule has 0 unspecified atom stereocenters. The molecule has 4 rings (SSSR count). The van der Waals surface area contributed by atoms with Crippen molar-refractivity contribution in [2.75, 3.05) is 13.0 Å². The maximum absolute atomic E-state index is 12.9. The van der Waals surface area contributed by atoms with E-state index in [1.165, 1.54) is 18.7 Å². The van der Waals surface area contributed by atoms with Gasteiger partial charge in [-0.1, -0.05) is 23.7 Å². The molecule has 4 aromatic rings. The van der Waals surface area contributed by atoms with Crippen LogP contribution < -0.4 is 27.6 Å².